The molecule has 29 heavy (non-hydrogen) atoms. The van der Waals surface area contributed by atoms with Gasteiger partial charge in [-0.15, -0.1) is 0 Å². The first-order valence-corrected chi connectivity index (χ1v) is 9.45. The van der Waals surface area contributed by atoms with E-state index < -0.39 is 18.3 Å². The summed E-state index contributed by atoms with van der Waals surface area (Å²) in [7, 11) is 1.67. The van der Waals surface area contributed by atoms with Gasteiger partial charge < -0.3 is 20.7 Å². The van der Waals surface area contributed by atoms with Gasteiger partial charge in [0, 0.05) is 36.8 Å². The van der Waals surface area contributed by atoms with Gasteiger partial charge in [-0.2, -0.15) is 0 Å². The Morgan fingerprint density at radius 3 is 2.90 bits per heavy atom. The minimum absolute atomic E-state index is 0.191. The zero-order valence-corrected chi connectivity index (χ0v) is 16.3. The molecule has 4 rings (SSSR count). The lowest BCUT2D eigenvalue weighted by atomic mass is 9.89. The number of carbonyl (C=O) groups is 2. The fraction of sp³-hybridized carbons (Fsp3) is 0.333. The second-order valence-corrected chi connectivity index (χ2v) is 7.60. The van der Waals surface area contributed by atoms with E-state index in [1.54, 1.807) is 32.2 Å². The normalized spacial score (nSPS) is 22.7. The van der Waals surface area contributed by atoms with Crippen LogP contribution in [0.1, 0.15) is 30.5 Å². The fourth-order valence-corrected chi connectivity index (χ4v) is 3.82. The van der Waals surface area contributed by atoms with Crippen molar-refractivity contribution in [1.82, 2.24) is 10.6 Å². The van der Waals surface area contributed by atoms with Crippen molar-refractivity contribution in [3.63, 3.8) is 0 Å². The lowest BCUT2D eigenvalue weighted by molar-refractivity contribution is 0.0263. The average Bonchev–Trinajstić information content (AvgIpc) is 2.71. The number of hydrogen-bond donors (Lipinski definition) is 3. The number of ether oxygens (including phenoxy) is 1. The number of benzene rings is 2. The molecule has 3 N–H and O–H groups in total. The number of carbonyl (C=O) groups excluding carboxylic acids is 2. The number of para-hydroxylation sites is 1. The Kier molecular flexibility index (Phi) is 4.77. The van der Waals surface area contributed by atoms with E-state index in [4.69, 9.17) is 4.74 Å². The van der Waals surface area contributed by atoms with E-state index >= 15 is 0 Å². The van der Waals surface area contributed by atoms with Crippen molar-refractivity contribution in [1.29, 1.82) is 0 Å². The number of fused-ring (bicyclic) bond motifs is 2. The van der Waals surface area contributed by atoms with E-state index in [0.29, 0.717) is 24.4 Å². The van der Waals surface area contributed by atoms with Crippen molar-refractivity contribution >= 4 is 23.4 Å². The maximum atomic E-state index is 13.6. The Labute approximate surface area is 168 Å². The van der Waals surface area contributed by atoms with Crippen molar-refractivity contribution in [2.75, 3.05) is 23.9 Å². The maximum absolute atomic E-state index is 13.6. The van der Waals surface area contributed by atoms with E-state index in [-0.39, 0.29) is 12.1 Å². The molecule has 2 aromatic rings. The van der Waals surface area contributed by atoms with Gasteiger partial charge in [-0.05, 0) is 25.1 Å². The third kappa shape index (κ3) is 3.57. The SMILES string of the molecule is CN1C(=O)NCc2c(NC(=O)N[C@@H]3C[C@@](C)(CF)Oc4ccccc43)cccc21. The van der Waals surface area contributed by atoms with Crippen LogP contribution in [0.3, 0.4) is 0 Å². The average molecular weight is 398 g/mol. The fourth-order valence-electron chi connectivity index (χ4n) is 3.82. The highest BCUT2D eigenvalue weighted by molar-refractivity contribution is 5.98. The topological polar surface area (TPSA) is 82.7 Å². The van der Waals surface area contributed by atoms with Crippen molar-refractivity contribution in [3.05, 3.63) is 53.6 Å². The number of anilines is 2. The largest absolute Gasteiger partial charge is 0.484 e. The molecule has 0 fully saturated rings. The Hall–Kier alpha value is -3.29. The van der Waals surface area contributed by atoms with E-state index in [9.17, 15) is 14.0 Å². The predicted octanol–water partition coefficient (Wildman–Crippen LogP) is 3.72. The zero-order valence-electron chi connectivity index (χ0n) is 16.3. The molecule has 2 aromatic carbocycles. The van der Waals surface area contributed by atoms with Crippen LogP contribution >= 0.6 is 0 Å². The van der Waals surface area contributed by atoms with Crippen LogP contribution in [0.2, 0.25) is 0 Å². The van der Waals surface area contributed by atoms with Gasteiger partial charge in [-0.1, -0.05) is 24.3 Å². The second kappa shape index (κ2) is 7.27. The van der Waals surface area contributed by atoms with Crippen LogP contribution in [0.4, 0.5) is 25.4 Å². The number of rotatable bonds is 3. The van der Waals surface area contributed by atoms with Gasteiger partial charge in [-0.25, -0.2) is 14.0 Å². The van der Waals surface area contributed by atoms with Gasteiger partial charge in [0.25, 0.3) is 0 Å². The van der Waals surface area contributed by atoms with Crippen molar-refractivity contribution in [2.45, 2.75) is 31.5 Å². The van der Waals surface area contributed by atoms with Crippen LogP contribution < -0.4 is 25.6 Å². The molecule has 0 aromatic heterocycles. The highest BCUT2D eigenvalue weighted by atomic mass is 19.1. The summed E-state index contributed by atoms with van der Waals surface area (Å²) in [6.07, 6.45) is 0.319. The number of nitrogens with zero attached hydrogens (tertiary/aromatic N) is 1. The van der Waals surface area contributed by atoms with Gasteiger partial charge in [0.1, 0.15) is 18.0 Å². The highest BCUT2D eigenvalue weighted by Gasteiger charge is 2.38. The molecule has 152 valence electrons. The lowest BCUT2D eigenvalue weighted by Crippen LogP contribution is -2.45. The summed E-state index contributed by atoms with van der Waals surface area (Å²) < 4.78 is 19.4. The van der Waals surface area contributed by atoms with Gasteiger partial charge in [-0.3, -0.25) is 4.90 Å². The van der Waals surface area contributed by atoms with Gasteiger partial charge >= 0.3 is 12.1 Å². The predicted molar refractivity (Wildman–Crippen MR) is 108 cm³/mol. The van der Waals surface area contributed by atoms with Crippen LogP contribution in [0, 0.1) is 0 Å². The Morgan fingerprint density at radius 2 is 2.10 bits per heavy atom. The Balaban J connectivity index is 1.55. The number of alkyl halides is 1. The Morgan fingerprint density at radius 1 is 1.31 bits per heavy atom. The lowest BCUT2D eigenvalue weighted by Gasteiger charge is -2.38. The number of halogens is 1. The van der Waals surface area contributed by atoms with E-state index in [0.717, 1.165) is 16.8 Å². The minimum Gasteiger partial charge on any atom is -0.484 e. The molecule has 2 heterocycles. The summed E-state index contributed by atoms with van der Waals surface area (Å²) in [6.45, 7) is 1.37. The first kappa shape index (κ1) is 19.0. The van der Waals surface area contributed by atoms with E-state index in [1.807, 2.05) is 24.3 Å². The summed E-state index contributed by atoms with van der Waals surface area (Å²) in [5, 5.41) is 8.58. The molecule has 2 aliphatic rings. The highest BCUT2D eigenvalue weighted by Crippen LogP contribution is 2.39. The smallest absolute Gasteiger partial charge is 0.321 e. The van der Waals surface area contributed by atoms with Crippen molar-refractivity contribution in [3.8, 4) is 5.75 Å². The molecule has 0 radical (unpaired) electrons. The summed E-state index contributed by atoms with van der Waals surface area (Å²) in [4.78, 5) is 26.1. The third-order valence-electron chi connectivity index (χ3n) is 5.36. The molecule has 0 saturated heterocycles. The van der Waals surface area contributed by atoms with Gasteiger partial charge in [0.15, 0.2) is 0 Å². The second-order valence-electron chi connectivity index (χ2n) is 7.60. The zero-order chi connectivity index (χ0) is 20.6. The summed E-state index contributed by atoms with van der Waals surface area (Å²) in [5.74, 6) is 0.575. The Bertz CT molecular complexity index is 967. The molecule has 0 spiro atoms. The molecule has 8 heteroatoms. The van der Waals surface area contributed by atoms with Crippen LogP contribution in [0.5, 0.6) is 5.75 Å². The molecular formula is C21H23FN4O3. The molecule has 2 aliphatic heterocycles. The van der Waals surface area contributed by atoms with Gasteiger partial charge in [0.05, 0.1) is 11.7 Å². The van der Waals surface area contributed by atoms with E-state index in [1.165, 1.54) is 4.90 Å². The van der Waals surface area contributed by atoms with Crippen LogP contribution in [-0.2, 0) is 6.54 Å². The summed E-state index contributed by atoms with van der Waals surface area (Å²) in [6, 6.07) is 11.7. The standard InChI is InChI=1S/C21H23FN4O3/c1-21(12-22)10-16(13-6-3-4-9-18(13)29-21)25-19(27)24-15-7-5-8-17-14(15)11-23-20(28)26(17)2/h3-9,16H,10-12H2,1-2H3,(H,23,28)(H2,24,25,27)/t16-,21+/m1/s1. The number of amides is 4. The van der Waals surface area contributed by atoms with Crippen LogP contribution in [0.15, 0.2) is 42.5 Å². The molecule has 0 bridgehead atoms. The van der Waals surface area contributed by atoms with E-state index in [2.05, 4.69) is 16.0 Å². The molecule has 4 amide bonds. The monoisotopic (exact) mass is 398 g/mol. The molecule has 0 aliphatic carbocycles. The number of nitrogens with one attached hydrogen (secondary N) is 3. The minimum atomic E-state index is -0.995. The molecule has 2 atom stereocenters. The maximum Gasteiger partial charge on any atom is 0.321 e. The third-order valence-corrected chi connectivity index (χ3v) is 5.36. The molecular weight excluding hydrogens is 375 g/mol. The van der Waals surface area contributed by atoms with Crippen LogP contribution in [0.25, 0.3) is 0 Å². The molecule has 0 saturated carbocycles. The van der Waals surface area contributed by atoms with Crippen LogP contribution in [-0.4, -0.2) is 31.4 Å². The number of urea groups is 2. The first-order chi connectivity index (χ1) is 13.9. The van der Waals surface area contributed by atoms with Gasteiger partial charge in [0.2, 0.25) is 0 Å². The van der Waals surface area contributed by atoms with Crippen molar-refractivity contribution in [2.24, 2.45) is 0 Å². The molecule has 0 unspecified atom stereocenters. The first-order valence-electron chi connectivity index (χ1n) is 9.45. The number of hydrogen-bond acceptors (Lipinski definition) is 3. The summed E-state index contributed by atoms with van der Waals surface area (Å²) >= 11 is 0. The summed E-state index contributed by atoms with van der Waals surface area (Å²) in [5.41, 5.74) is 2.00. The van der Waals surface area contributed by atoms with Crippen molar-refractivity contribution < 1.29 is 18.7 Å². The quantitative estimate of drug-likeness (QED) is 0.737. The molecule has 7 nitrogen and oxygen atoms in total.